The Bertz CT molecular complexity index is 769. The van der Waals surface area contributed by atoms with Gasteiger partial charge < -0.3 is 14.6 Å². The van der Waals surface area contributed by atoms with Crippen molar-refractivity contribution >= 4 is 11.6 Å². The number of alkyl halides is 3. The minimum atomic E-state index is -4.48. The Morgan fingerprint density at radius 1 is 1.26 bits per heavy atom. The van der Waals surface area contributed by atoms with E-state index < -0.39 is 18.7 Å². The van der Waals surface area contributed by atoms with Crippen LogP contribution in [0.3, 0.4) is 0 Å². The van der Waals surface area contributed by atoms with E-state index >= 15 is 0 Å². The van der Waals surface area contributed by atoms with Crippen molar-refractivity contribution in [1.82, 2.24) is 4.57 Å². The van der Waals surface area contributed by atoms with Gasteiger partial charge in [-0.3, -0.25) is 9.59 Å². The van der Waals surface area contributed by atoms with Crippen LogP contribution in [0.25, 0.3) is 0 Å². The van der Waals surface area contributed by atoms with Gasteiger partial charge in [-0.05, 0) is 18.2 Å². The van der Waals surface area contributed by atoms with E-state index in [0.717, 1.165) is 6.07 Å². The number of rotatable bonds is 4. The Labute approximate surface area is 129 Å². The van der Waals surface area contributed by atoms with Gasteiger partial charge in [0.05, 0.1) is 5.69 Å². The molecule has 1 aromatic heterocycles. The summed E-state index contributed by atoms with van der Waals surface area (Å²) < 4.78 is 42.7. The molecule has 23 heavy (non-hydrogen) atoms. The number of halogens is 3. The minimum Gasteiger partial charge on any atom is -0.482 e. The number of carbonyl (C=O) groups is 1. The van der Waals surface area contributed by atoms with Crippen LogP contribution in [0, 0.1) is 0 Å². The van der Waals surface area contributed by atoms with Crippen LogP contribution in [0.1, 0.15) is 10.4 Å². The molecule has 0 fully saturated rings. The van der Waals surface area contributed by atoms with Crippen molar-refractivity contribution in [3.63, 3.8) is 0 Å². The van der Waals surface area contributed by atoms with Gasteiger partial charge in [-0.1, -0.05) is 12.1 Å². The summed E-state index contributed by atoms with van der Waals surface area (Å²) in [7, 11) is 1.53. The van der Waals surface area contributed by atoms with Crippen LogP contribution in [-0.2, 0) is 7.05 Å². The molecule has 0 aliphatic rings. The van der Waals surface area contributed by atoms with E-state index in [2.05, 4.69) is 10.1 Å². The molecule has 1 heterocycles. The zero-order chi connectivity index (χ0) is 17.0. The standard InChI is InChI=1S/C15H13F3N2O3/c1-20-7-6-10(8-13(20)21)14(22)19-11-4-2-3-5-12(11)23-9-15(16,17)18/h2-8H,9H2,1H3,(H,19,22). The van der Waals surface area contributed by atoms with E-state index in [-0.39, 0.29) is 22.6 Å². The molecule has 0 radical (unpaired) electrons. The number of amides is 1. The first kappa shape index (κ1) is 16.6. The molecule has 0 bridgehead atoms. The number of hydrogen-bond acceptors (Lipinski definition) is 3. The Kier molecular flexibility index (Phi) is 4.73. The van der Waals surface area contributed by atoms with Crippen molar-refractivity contribution < 1.29 is 22.7 Å². The monoisotopic (exact) mass is 326 g/mol. The molecule has 0 aliphatic heterocycles. The molecular formula is C15H13F3N2O3. The van der Waals surface area contributed by atoms with Crippen LogP contribution in [0.5, 0.6) is 5.75 Å². The van der Waals surface area contributed by atoms with Gasteiger partial charge in [0.15, 0.2) is 6.61 Å². The molecular weight excluding hydrogens is 313 g/mol. The van der Waals surface area contributed by atoms with Gasteiger partial charge in [0, 0.05) is 24.9 Å². The summed E-state index contributed by atoms with van der Waals surface area (Å²) in [6, 6.07) is 8.31. The smallest absolute Gasteiger partial charge is 0.422 e. The number of ether oxygens (including phenoxy) is 1. The predicted octanol–water partition coefficient (Wildman–Crippen LogP) is 2.58. The second-order valence-electron chi connectivity index (χ2n) is 4.72. The number of aryl methyl sites for hydroxylation is 1. The number of nitrogens with one attached hydrogen (secondary N) is 1. The van der Waals surface area contributed by atoms with Crippen molar-refractivity contribution in [3.8, 4) is 5.75 Å². The average molecular weight is 326 g/mol. The number of benzene rings is 1. The van der Waals surface area contributed by atoms with Crippen LogP contribution >= 0.6 is 0 Å². The minimum absolute atomic E-state index is 0.0856. The highest BCUT2D eigenvalue weighted by Crippen LogP contribution is 2.26. The third-order valence-electron chi connectivity index (χ3n) is 2.89. The maximum Gasteiger partial charge on any atom is 0.422 e. The van der Waals surface area contributed by atoms with Gasteiger partial charge in [-0.2, -0.15) is 13.2 Å². The van der Waals surface area contributed by atoms with Crippen molar-refractivity contribution in [2.75, 3.05) is 11.9 Å². The SMILES string of the molecule is Cn1ccc(C(=O)Nc2ccccc2OCC(F)(F)F)cc1=O. The molecule has 0 atom stereocenters. The molecule has 0 spiro atoms. The van der Waals surface area contributed by atoms with Gasteiger partial charge in [0.1, 0.15) is 5.75 Å². The van der Waals surface area contributed by atoms with E-state index in [9.17, 15) is 22.8 Å². The first-order valence-electron chi connectivity index (χ1n) is 6.53. The quantitative estimate of drug-likeness (QED) is 0.939. The lowest BCUT2D eigenvalue weighted by molar-refractivity contribution is -0.153. The highest BCUT2D eigenvalue weighted by Gasteiger charge is 2.28. The molecule has 0 aliphatic carbocycles. The highest BCUT2D eigenvalue weighted by molar-refractivity contribution is 6.04. The summed E-state index contributed by atoms with van der Waals surface area (Å²) in [4.78, 5) is 23.6. The summed E-state index contributed by atoms with van der Waals surface area (Å²) in [5.41, 5.74) is -0.194. The molecule has 0 saturated heterocycles. The van der Waals surface area contributed by atoms with Crippen molar-refractivity contribution in [2.24, 2.45) is 7.05 Å². The number of hydrogen-bond donors (Lipinski definition) is 1. The van der Waals surface area contributed by atoms with E-state index in [0.29, 0.717) is 0 Å². The van der Waals surface area contributed by atoms with E-state index in [4.69, 9.17) is 0 Å². The molecule has 2 rings (SSSR count). The van der Waals surface area contributed by atoms with E-state index in [1.54, 1.807) is 6.07 Å². The third kappa shape index (κ3) is 4.60. The molecule has 8 heteroatoms. The number of aromatic nitrogens is 1. The molecule has 0 saturated carbocycles. The zero-order valence-corrected chi connectivity index (χ0v) is 12.1. The van der Waals surface area contributed by atoms with Crippen LogP contribution < -0.4 is 15.6 Å². The molecule has 0 unspecified atom stereocenters. The number of para-hydroxylation sites is 2. The van der Waals surface area contributed by atoms with Crippen molar-refractivity contribution in [3.05, 3.63) is 58.5 Å². The topological polar surface area (TPSA) is 60.3 Å². The van der Waals surface area contributed by atoms with Gasteiger partial charge in [0.2, 0.25) is 0 Å². The summed E-state index contributed by atoms with van der Waals surface area (Å²) in [6.45, 7) is -1.47. The number of carbonyl (C=O) groups excluding carboxylic acids is 1. The molecule has 2 aromatic rings. The molecule has 1 N–H and O–H groups in total. The second-order valence-corrected chi connectivity index (χ2v) is 4.72. The summed E-state index contributed by atoms with van der Waals surface area (Å²) in [5, 5.41) is 2.43. The van der Waals surface area contributed by atoms with Gasteiger partial charge in [-0.25, -0.2) is 0 Å². The lowest BCUT2D eigenvalue weighted by Crippen LogP contribution is -2.21. The normalized spacial score (nSPS) is 11.1. The fourth-order valence-corrected chi connectivity index (χ4v) is 1.74. The highest BCUT2D eigenvalue weighted by atomic mass is 19.4. The van der Waals surface area contributed by atoms with Crippen LogP contribution in [0.2, 0.25) is 0 Å². The largest absolute Gasteiger partial charge is 0.482 e. The fourth-order valence-electron chi connectivity index (χ4n) is 1.74. The van der Waals surface area contributed by atoms with Gasteiger partial charge in [-0.15, -0.1) is 0 Å². The third-order valence-corrected chi connectivity index (χ3v) is 2.89. The summed E-state index contributed by atoms with van der Waals surface area (Å²) in [6.07, 6.45) is -3.06. The van der Waals surface area contributed by atoms with E-state index in [1.807, 2.05) is 0 Å². The van der Waals surface area contributed by atoms with Crippen LogP contribution in [0.15, 0.2) is 47.4 Å². The lowest BCUT2D eigenvalue weighted by atomic mass is 10.2. The van der Waals surface area contributed by atoms with E-state index in [1.165, 1.54) is 42.1 Å². The van der Waals surface area contributed by atoms with Crippen LogP contribution in [-0.4, -0.2) is 23.3 Å². The number of anilines is 1. The number of pyridine rings is 1. The second kappa shape index (κ2) is 6.55. The molecule has 1 aromatic carbocycles. The zero-order valence-electron chi connectivity index (χ0n) is 12.1. The Balaban J connectivity index is 2.17. The van der Waals surface area contributed by atoms with Gasteiger partial charge in [0.25, 0.3) is 11.5 Å². The maximum absolute atomic E-state index is 12.2. The Morgan fingerprint density at radius 3 is 2.61 bits per heavy atom. The first-order valence-corrected chi connectivity index (χ1v) is 6.53. The summed E-state index contributed by atoms with van der Waals surface area (Å²) >= 11 is 0. The summed E-state index contributed by atoms with van der Waals surface area (Å²) in [5.74, 6) is -0.729. The Morgan fingerprint density at radius 2 is 1.96 bits per heavy atom. The van der Waals surface area contributed by atoms with Gasteiger partial charge >= 0.3 is 6.18 Å². The molecule has 1 amide bonds. The van der Waals surface area contributed by atoms with Crippen molar-refractivity contribution in [2.45, 2.75) is 6.18 Å². The fraction of sp³-hybridized carbons (Fsp3) is 0.200. The lowest BCUT2D eigenvalue weighted by Gasteiger charge is -2.13. The first-order chi connectivity index (χ1) is 10.8. The maximum atomic E-state index is 12.2. The van der Waals surface area contributed by atoms with Crippen LogP contribution in [0.4, 0.5) is 18.9 Å². The molecule has 5 nitrogen and oxygen atoms in total. The average Bonchev–Trinajstić information content (AvgIpc) is 2.48. The number of nitrogens with zero attached hydrogens (tertiary/aromatic N) is 1. The van der Waals surface area contributed by atoms with Crippen molar-refractivity contribution in [1.29, 1.82) is 0 Å². The Hall–Kier alpha value is -2.77. The molecule has 122 valence electrons. The predicted molar refractivity (Wildman–Crippen MR) is 77.6 cm³/mol.